The largest absolute Gasteiger partial charge is 0.466 e. The monoisotopic (exact) mass is 261 g/mol. The molecule has 1 aliphatic heterocycles. The van der Waals surface area contributed by atoms with Gasteiger partial charge in [-0.15, -0.1) is 5.10 Å². The molecule has 0 saturated carbocycles. The highest BCUT2D eigenvalue weighted by atomic mass is 16.3. The van der Waals surface area contributed by atoms with Crippen LogP contribution in [-0.2, 0) is 0 Å². The lowest BCUT2D eigenvalue weighted by atomic mass is 10.1. The number of aromatic amines is 1. The normalized spacial score (nSPS) is 16.1. The Labute approximate surface area is 112 Å². The minimum absolute atomic E-state index is 0.772. The zero-order valence-electron chi connectivity index (χ0n) is 11.6. The SMILES string of the molecule is Cc1oc(C)c(-c2nc(N3CCNCC3)n[nH]2)c1C. The number of H-pyrrole nitrogens is 1. The summed E-state index contributed by atoms with van der Waals surface area (Å²) in [4.78, 5) is 6.80. The maximum absolute atomic E-state index is 5.64. The van der Waals surface area contributed by atoms with E-state index in [2.05, 4.69) is 25.4 Å². The predicted molar refractivity (Wildman–Crippen MR) is 73.4 cm³/mol. The Morgan fingerprint density at radius 1 is 1.11 bits per heavy atom. The van der Waals surface area contributed by atoms with Crippen LogP contribution in [0, 0.1) is 20.8 Å². The number of furan rings is 1. The molecule has 6 heteroatoms. The molecule has 19 heavy (non-hydrogen) atoms. The van der Waals surface area contributed by atoms with Crippen molar-refractivity contribution >= 4 is 5.95 Å². The molecular formula is C13H19N5O. The number of nitrogens with zero attached hydrogens (tertiary/aromatic N) is 3. The van der Waals surface area contributed by atoms with Crippen molar-refractivity contribution in [3.8, 4) is 11.4 Å². The lowest BCUT2D eigenvalue weighted by Gasteiger charge is -2.25. The number of rotatable bonds is 2. The fourth-order valence-electron chi connectivity index (χ4n) is 2.51. The van der Waals surface area contributed by atoms with Crippen molar-refractivity contribution in [2.45, 2.75) is 20.8 Å². The summed E-state index contributed by atoms with van der Waals surface area (Å²) >= 11 is 0. The first kappa shape index (κ1) is 12.2. The molecule has 0 spiro atoms. The minimum atomic E-state index is 0.772. The van der Waals surface area contributed by atoms with E-state index in [0.717, 1.165) is 60.6 Å². The Hall–Kier alpha value is -1.82. The standard InChI is InChI=1S/C13H19N5O/c1-8-9(2)19-10(3)11(8)12-15-13(17-16-12)18-6-4-14-5-7-18/h14H,4-7H2,1-3H3,(H,15,16,17). The van der Waals surface area contributed by atoms with Gasteiger partial charge in [0.1, 0.15) is 11.5 Å². The summed E-state index contributed by atoms with van der Waals surface area (Å²) in [6.45, 7) is 9.83. The molecule has 1 aliphatic rings. The van der Waals surface area contributed by atoms with Gasteiger partial charge < -0.3 is 14.6 Å². The van der Waals surface area contributed by atoms with Gasteiger partial charge in [-0.3, -0.25) is 5.10 Å². The van der Waals surface area contributed by atoms with Crippen LogP contribution in [0.2, 0.25) is 0 Å². The Morgan fingerprint density at radius 2 is 1.84 bits per heavy atom. The molecule has 1 fully saturated rings. The summed E-state index contributed by atoms with van der Waals surface area (Å²) in [5.74, 6) is 3.39. The summed E-state index contributed by atoms with van der Waals surface area (Å²) in [5.41, 5.74) is 2.16. The van der Waals surface area contributed by atoms with Crippen molar-refractivity contribution in [1.82, 2.24) is 20.5 Å². The molecule has 2 aromatic rings. The minimum Gasteiger partial charge on any atom is -0.466 e. The Bertz CT molecular complexity index is 580. The highest BCUT2D eigenvalue weighted by Gasteiger charge is 2.19. The Balaban J connectivity index is 1.92. The third-order valence-electron chi connectivity index (χ3n) is 3.67. The number of aromatic nitrogens is 3. The lowest BCUT2D eigenvalue weighted by Crippen LogP contribution is -2.44. The van der Waals surface area contributed by atoms with Crippen LogP contribution >= 0.6 is 0 Å². The van der Waals surface area contributed by atoms with Crippen molar-refractivity contribution in [3.63, 3.8) is 0 Å². The maximum atomic E-state index is 5.64. The molecule has 0 aliphatic carbocycles. The summed E-state index contributed by atoms with van der Waals surface area (Å²) in [7, 11) is 0. The van der Waals surface area contributed by atoms with Gasteiger partial charge >= 0.3 is 0 Å². The van der Waals surface area contributed by atoms with Gasteiger partial charge in [-0.05, 0) is 20.8 Å². The van der Waals surface area contributed by atoms with Crippen LogP contribution in [0.15, 0.2) is 4.42 Å². The molecule has 0 bridgehead atoms. The quantitative estimate of drug-likeness (QED) is 0.855. The van der Waals surface area contributed by atoms with Crippen LogP contribution in [0.1, 0.15) is 17.1 Å². The average Bonchev–Trinajstić information content (AvgIpc) is 2.97. The lowest BCUT2D eigenvalue weighted by molar-refractivity contribution is 0.503. The molecule has 102 valence electrons. The van der Waals surface area contributed by atoms with E-state index >= 15 is 0 Å². The third-order valence-corrected chi connectivity index (χ3v) is 3.67. The second-order valence-corrected chi connectivity index (χ2v) is 4.94. The van der Waals surface area contributed by atoms with Gasteiger partial charge in [-0.25, -0.2) is 0 Å². The van der Waals surface area contributed by atoms with E-state index in [1.807, 2.05) is 20.8 Å². The van der Waals surface area contributed by atoms with Crippen LogP contribution in [0.4, 0.5) is 5.95 Å². The van der Waals surface area contributed by atoms with Gasteiger partial charge in [0.25, 0.3) is 0 Å². The first-order valence-corrected chi connectivity index (χ1v) is 6.62. The summed E-state index contributed by atoms with van der Waals surface area (Å²) in [6, 6.07) is 0. The molecule has 0 aromatic carbocycles. The van der Waals surface area contributed by atoms with Crippen LogP contribution in [0.5, 0.6) is 0 Å². The molecule has 0 radical (unpaired) electrons. The van der Waals surface area contributed by atoms with E-state index in [4.69, 9.17) is 4.42 Å². The first-order chi connectivity index (χ1) is 9.16. The van der Waals surface area contributed by atoms with Crippen molar-refractivity contribution in [1.29, 1.82) is 0 Å². The Kier molecular flexibility index (Phi) is 3.02. The van der Waals surface area contributed by atoms with Crippen molar-refractivity contribution in [2.24, 2.45) is 0 Å². The van der Waals surface area contributed by atoms with E-state index in [-0.39, 0.29) is 0 Å². The van der Waals surface area contributed by atoms with Crippen molar-refractivity contribution in [3.05, 3.63) is 17.1 Å². The summed E-state index contributed by atoms with van der Waals surface area (Å²) < 4.78 is 5.64. The zero-order chi connectivity index (χ0) is 13.4. The van der Waals surface area contributed by atoms with E-state index in [0.29, 0.717) is 0 Å². The summed E-state index contributed by atoms with van der Waals surface area (Å²) in [6.07, 6.45) is 0. The third kappa shape index (κ3) is 2.12. The van der Waals surface area contributed by atoms with Gasteiger partial charge in [0.15, 0.2) is 5.82 Å². The molecule has 3 rings (SSSR count). The number of anilines is 1. The van der Waals surface area contributed by atoms with E-state index in [1.54, 1.807) is 0 Å². The second kappa shape index (κ2) is 4.70. The number of nitrogens with one attached hydrogen (secondary N) is 2. The van der Waals surface area contributed by atoms with Gasteiger partial charge in [0.2, 0.25) is 5.95 Å². The molecular weight excluding hydrogens is 242 g/mol. The second-order valence-electron chi connectivity index (χ2n) is 4.94. The fourth-order valence-corrected chi connectivity index (χ4v) is 2.51. The molecule has 3 heterocycles. The molecule has 0 amide bonds. The van der Waals surface area contributed by atoms with Crippen LogP contribution < -0.4 is 10.2 Å². The van der Waals surface area contributed by atoms with E-state index in [1.165, 1.54) is 0 Å². The smallest absolute Gasteiger partial charge is 0.245 e. The molecule has 0 atom stereocenters. The van der Waals surface area contributed by atoms with Gasteiger partial charge in [0.05, 0.1) is 5.56 Å². The van der Waals surface area contributed by atoms with E-state index < -0.39 is 0 Å². The highest BCUT2D eigenvalue weighted by molar-refractivity contribution is 5.64. The van der Waals surface area contributed by atoms with E-state index in [9.17, 15) is 0 Å². The summed E-state index contributed by atoms with van der Waals surface area (Å²) in [5, 5.41) is 10.7. The molecule has 6 nitrogen and oxygen atoms in total. The topological polar surface area (TPSA) is 70.0 Å². The van der Waals surface area contributed by atoms with Gasteiger partial charge in [0, 0.05) is 31.7 Å². The maximum Gasteiger partial charge on any atom is 0.245 e. The fraction of sp³-hybridized carbons (Fsp3) is 0.538. The average molecular weight is 261 g/mol. The zero-order valence-corrected chi connectivity index (χ0v) is 11.6. The molecule has 2 N–H and O–H groups in total. The molecule has 2 aromatic heterocycles. The first-order valence-electron chi connectivity index (χ1n) is 6.62. The van der Waals surface area contributed by atoms with Gasteiger partial charge in [-0.2, -0.15) is 4.98 Å². The van der Waals surface area contributed by atoms with Gasteiger partial charge in [-0.1, -0.05) is 0 Å². The number of hydrogen-bond donors (Lipinski definition) is 2. The number of aryl methyl sites for hydroxylation is 2. The van der Waals surface area contributed by atoms with Crippen LogP contribution in [0.25, 0.3) is 11.4 Å². The number of hydrogen-bond acceptors (Lipinski definition) is 5. The Morgan fingerprint density at radius 3 is 2.47 bits per heavy atom. The molecule has 1 saturated heterocycles. The highest BCUT2D eigenvalue weighted by Crippen LogP contribution is 2.29. The van der Waals surface area contributed by atoms with Crippen molar-refractivity contribution in [2.75, 3.05) is 31.1 Å². The molecule has 0 unspecified atom stereocenters. The van der Waals surface area contributed by atoms with Crippen molar-refractivity contribution < 1.29 is 4.42 Å². The van der Waals surface area contributed by atoms with Crippen LogP contribution in [0.3, 0.4) is 0 Å². The number of piperazine rings is 1. The van der Waals surface area contributed by atoms with Crippen LogP contribution in [-0.4, -0.2) is 41.4 Å². The predicted octanol–water partition coefficient (Wildman–Crippen LogP) is 1.40.